The predicted molar refractivity (Wildman–Crippen MR) is 168 cm³/mol. The minimum atomic E-state index is -4.15. The molecule has 0 heterocycles. The van der Waals surface area contributed by atoms with Crippen molar-refractivity contribution in [3.8, 4) is 11.5 Å². The molecule has 4 aromatic carbocycles. The first kappa shape index (κ1) is 31.3. The van der Waals surface area contributed by atoms with Crippen LogP contribution in [0.4, 0.5) is 5.69 Å². The van der Waals surface area contributed by atoms with Crippen LogP contribution in [0.1, 0.15) is 31.9 Å². The molecule has 0 aliphatic rings. The summed E-state index contributed by atoms with van der Waals surface area (Å²) in [6, 6.07) is 30.4. The Morgan fingerprint density at radius 3 is 1.91 bits per heavy atom. The van der Waals surface area contributed by atoms with Crippen molar-refractivity contribution in [2.45, 2.75) is 51.2 Å². The van der Waals surface area contributed by atoms with Gasteiger partial charge in [0.2, 0.25) is 11.8 Å². The molecule has 43 heavy (non-hydrogen) atoms. The molecule has 224 valence electrons. The Morgan fingerprint density at radius 2 is 1.33 bits per heavy atom. The molecule has 0 aliphatic heterocycles. The van der Waals surface area contributed by atoms with Gasteiger partial charge < -0.3 is 15.0 Å². The number of nitrogens with one attached hydrogen (secondary N) is 1. The standard InChI is InChI=1S/C34H37N3O5S/c1-25(2)35-34(39)27(4)36(23-28-17-15-26(3)16-18-28)33(38)24-37(43(40,41)32-13-9-6-10-14-32)29-19-21-31(22-20-29)42-30-11-7-5-8-12-30/h5-22,25,27H,23-24H2,1-4H3,(H,35,39)/t27-/m0/s1. The summed E-state index contributed by atoms with van der Waals surface area (Å²) in [5.74, 6) is 0.310. The Kier molecular flexibility index (Phi) is 10.2. The van der Waals surface area contributed by atoms with Crippen molar-refractivity contribution in [2.75, 3.05) is 10.8 Å². The molecular formula is C34H37N3O5S. The van der Waals surface area contributed by atoms with E-state index in [2.05, 4.69) is 5.32 Å². The number of ether oxygens (including phenoxy) is 1. The zero-order valence-corrected chi connectivity index (χ0v) is 25.6. The third-order valence-electron chi connectivity index (χ3n) is 6.79. The van der Waals surface area contributed by atoms with Gasteiger partial charge in [-0.15, -0.1) is 0 Å². The molecular weight excluding hydrogens is 562 g/mol. The smallest absolute Gasteiger partial charge is 0.264 e. The van der Waals surface area contributed by atoms with Crippen molar-refractivity contribution in [3.05, 3.63) is 120 Å². The Morgan fingerprint density at radius 1 is 0.767 bits per heavy atom. The summed E-state index contributed by atoms with van der Waals surface area (Å²) in [7, 11) is -4.15. The molecule has 1 atom stereocenters. The molecule has 0 spiro atoms. The van der Waals surface area contributed by atoms with E-state index in [1.807, 2.05) is 75.4 Å². The minimum absolute atomic E-state index is 0.0445. The van der Waals surface area contributed by atoms with Gasteiger partial charge in [0, 0.05) is 12.6 Å². The van der Waals surface area contributed by atoms with E-state index < -0.39 is 28.5 Å². The van der Waals surface area contributed by atoms with E-state index in [9.17, 15) is 18.0 Å². The monoisotopic (exact) mass is 599 g/mol. The maximum Gasteiger partial charge on any atom is 0.264 e. The number of aryl methyl sites for hydroxylation is 1. The van der Waals surface area contributed by atoms with Gasteiger partial charge in [0.05, 0.1) is 10.6 Å². The fourth-order valence-corrected chi connectivity index (χ4v) is 5.87. The highest BCUT2D eigenvalue weighted by Gasteiger charge is 2.32. The average molecular weight is 600 g/mol. The number of amides is 2. The number of hydrogen-bond donors (Lipinski definition) is 1. The SMILES string of the molecule is Cc1ccc(CN(C(=O)CN(c2ccc(Oc3ccccc3)cc2)S(=O)(=O)c2ccccc2)[C@@H](C)C(=O)NC(C)C)cc1. The fourth-order valence-electron chi connectivity index (χ4n) is 4.43. The lowest BCUT2D eigenvalue weighted by molar-refractivity contribution is -0.139. The molecule has 8 nitrogen and oxygen atoms in total. The van der Waals surface area contributed by atoms with E-state index in [-0.39, 0.29) is 29.1 Å². The maximum absolute atomic E-state index is 14.0. The van der Waals surface area contributed by atoms with Crippen LogP contribution in [0.2, 0.25) is 0 Å². The van der Waals surface area contributed by atoms with Crippen LogP contribution in [0.3, 0.4) is 0 Å². The number of benzene rings is 4. The Hall–Kier alpha value is -4.63. The van der Waals surface area contributed by atoms with Crippen LogP contribution < -0.4 is 14.4 Å². The summed E-state index contributed by atoms with van der Waals surface area (Å²) in [4.78, 5) is 28.5. The molecule has 0 radical (unpaired) electrons. The number of nitrogens with zero attached hydrogens (tertiary/aromatic N) is 2. The summed E-state index contributed by atoms with van der Waals surface area (Å²) in [5, 5.41) is 2.86. The molecule has 1 N–H and O–H groups in total. The van der Waals surface area contributed by atoms with Crippen LogP contribution in [-0.2, 0) is 26.2 Å². The van der Waals surface area contributed by atoms with Crippen molar-refractivity contribution in [1.82, 2.24) is 10.2 Å². The van der Waals surface area contributed by atoms with Crippen LogP contribution in [0, 0.1) is 6.92 Å². The highest BCUT2D eigenvalue weighted by molar-refractivity contribution is 7.92. The highest BCUT2D eigenvalue weighted by atomic mass is 32.2. The average Bonchev–Trinajstić information content (AvgIpc) is 3.00. The fraction of sp³-hybridized carbons (Fsp3) is 0.235. The van der Waals surface area contributed by atoms with Crippen LogP contribution in [0.25, 0.3) is 0 Å². The van der Waals surface area contributed by atoms with Crippen molar-refractivity contribution < 1.29 is 22.7 Å². The number of carbonyl (C=O) groups is 2. The Balaban J connectivity index is 1.69. The molecule has 0 fully saturated rings. The van der Waals surface area contributed by atoms with Gasteiger partial charge in [-0.1, -0.05) is 66.2 Å². The van der Waals surface area contributed by atoms with E-state index in [0.29, 0.717) is 11.5 Å². The molecule has 0 bridgehead atoms. The lowest BCUT2D eigenvalue weighted by Gasteiger charge is -2.32. The Bertz CT molecular complexity index is 1610. The normalized spacial score (nSPS) is 11.9. The van der Waals surface area contributed by atoms with Gasteiger partial charge >= 0.3 is 0 Å². The van der Waals surface area contributed by atoms with Gasteiger partial charge in [0.15, 0.2) is 0 Å². The van der Waals surface area contributed by atoms with Gasteiger partial charge in [-0.05, 0) is 81.8 Å². The molecule has 0 saturated heterocycles. The second kappa shape index (κ2) is 14.0. The van der Waals surface area contributed by atoms with Crippen molar-refractivity contribution in [1.29, 1.82) is 0 Å². The van der Waals surface area contributed by atoms with E-state index in [0.717, 1.165) is 15.4 Å². The first-order valence-corrected chi connectivity index (χ1v) is 15.5. The molecule has 4 rings (SSSR count). The van der Waals surface area contributed by atoms with Crippen LogP contribution in [0.5, 0.6) is 11.5 Å². The topological polar surface area (TPSA) is 96.0 Å². The third kappa shape index (κ3) is 8.23. The molecule has 9 heteroatoms. The number of sulfonamides is 1. The largest absolute Gasteiger partial charge is 0.457 e. The van der Waals surface area contributed by atoms with Crippen molar-refractivity contribution in [3.63, 3.8) is 0 Å². The third-order valence-corrected chi connectivity index (χ3v) is 8.57. The van der Waals surface area contributed by atoms with Gasteiger partial charge in [-0.3, -0.25) is 13.9 Å². The number of anilines is 1. The van der Waals surface area contributed by atoms with E-state index in [1.54, 1.807) is 49.4 Å². The van der Waals surface area contributed by atoms with Crippen LogP contribution in [0.15, 0.2) is 114 Å². The zero-order valence-electron chi connectivity index (χ0n) is 24.8. The summed E-state index contributed by atoms with van der Waals surface area (Å²) in [5.41, 5.74) is 2.17. The van der Waals surface area contributed by atoms with Crippen LogP contribution in [-0.4, -0.2) is 43.8 Å². The highest BCUT2D eigenvalue weighted by Crippen LogP contribution is 2.28. The molecule has 0 aromatic heterocycles. The molecule has 2 amide bonds. The first-order chi connectivity index (χ1) is 20.5. The predicted octanol–water partition coefficient (Wildman–Crippen LogP) is 5.92. The number of carbonyl (C=O) groups excluding carboxylic acids is 2. The summed E-state index contributed by atoms with van der Waals surface area (Å²) < 4.78 is 34.9. The van der Waals surface area contributed by atoms with Gasteiger partial charge in [-0.2, -0.15) is 0 Å². The van der Waals surface area contributed by atoms with E-state index in [4.69, 9.17) is 4.74 Å². The van der Waals surface area contributed by atoms with Crippen molar-refractivity contribution in [2.24, 2.45) is 0 Å². The maximum atomic E-state index is 14.0. The van der Waals surface area contributed by atoms with Gasteiger partial charge in [-0.25, -0.2) is 8.42 Å². The summed E-state index contributed by atoms with van der Waals surface area (Å²) in [6.07, 6.45) is 0. The second-order valence-electron chi connectivity index (χ2n) is 10.6. The summed E-state index contributed by atoms with van der Waals surface area (Å²) >= 11 is 0. The van der Waals surface area contributed by atoms with E-state index >= 15 is 0 Å². The Labute approximate surface area is 254 Å². The zero-order chi connectivity index (χ0) is 31.0. The number of para-hydroxylation sites is 1. The summed E-state index contributed by atoms with van der Waals surface area (Å²) in [6.45, 7) is 6.92. The van der Waals surface area contributed by atoms with Crippen LogP contribution >= 0.6 is 0 Å². The minimum Gasteiger partial charge on any atom is -0.457 e. The second-order valence-corrected chi connectivity index (χ2v) is 12.4. The number of hydrogen-bond acceptors (Lipinski definition) is 5. The van der Waals surface area contributed by atoms with Gasteiger partial charge in [0.1, 0.15) is 24.1 Å². The lowest BCUT2D eigenvalue weighted by Crippen LogP contribution is -2.52. The van der Waals surface area contributed by atoms with Crippen molar-refractivity contribution >= 4 is 27.5 Å². The quantitative estimate of drug-likeness (QED) is 0.218. The molecule has 0 unspecified atom stereocenters. The number of rotatable bonds is 12. The molecule has 0 saturated carbocycles. The van der Waals surface area contributed by atoms with E-state index in [1.165, 1.54) is 17.0 Å². The lowest BCUT2D eigenvalue weighted by atomic mass is 10.1. The molecule has 4 aromatic rings. The van der Waals surface area contributed by atoms with Gasteiger partial charge in [0.25, 0.3) is 10.0 Å². The molecule has 0 aliphatic carbocycles. The first-order valence-electron chi connectivity index (χ1n) is 14.1.